The lowest BCUT2D eigenvalue weighted by Gasteiger charge is -2.11. The highest BCUT2D eigenvalue weighted by Crippen LogP contribution is 2.24. The van der Waals surface area contributed by atoms with Crippen molar-refractivity contribution >= 4 is 42.5 Å². The van der Waals surface area contributed by atoms with Crippen LogP contribution in [0.4, 0.5) is 5.69 Å². The van der Waals surface area contributed by atoms with Gasteiger partial charge in [-0.3, -0.25) is 14.5 Å². The first-order valence-corrected chi connectivity index (χ1v) is 12.3. The van der Waals surface area contributed by atoms with Crippen molar-refractivity contribution in [1.29, 1.82) is 0 Å². The number of para-hydroxylation sites is 1. The monoisotopic (exact) mass is 467 g/mol. The quantitative estimate of drug-likeness (QED) is 0.449. The number of nitrogens with zero attached hydrogens (tertiary/aromatic N) is 1. The van der Waals surface area contributed by atoms with Crippen molar-refractivity contribution in [2.75, 3.05) is 4.72 Å². The molecule has 4 rings (SSSR count). The maximum absolute atomic E-state index is 12.9. The summed E-state index contributed by atoms with van der Waals surface area (Å²) in [6.45, 7) is 0. The molecule has 1 amide bonds. The Balaban J connectivity index is 1.55. The van der Waals surface area contributed by atoms with Gasteiger partial charge in [-0.2, -0.15) is 0 Å². The van der Waals surface area contributed by atoms with Gasteiger partial charge in [0.2, 0.25) is 0 Å². The molecule has 0 atom stereocenters. The minimum Gasteiger partial charge on any atom is -0.280 e. The predicted octanol–water partition coefficient (Wildman–Crippen LogP) is 3.15. The molecule has 0 aliphatic heterocycles. The van der Waals surface area contributed by atoms with Crippen molar-refractivity contribution in [2.45, 2.75) is 9.79 Å². The smallest absolute Gasteiger partial charge is 0.264 e. The van der Waals surface area contributed by atoms with Gasteiger partial charge in [0.15, 0.2) is 0 Å². The highest BCUT2D eigenvalue weighted by Gasteiger charge is 2.21. The lowest BCUT2D eigenvalue weighted by molar-refractivity contribution is 0.0981. The first-order valence-electron chi connectivity index (χ1n) is 9.35. The lowest BCUT2D eigenvalue weighted by Crippen LogP contribution is -2.30. The van der Waals surface area contributed by atoms with E-state index in [1.54, 1.807) is 42.5 Å². The number of fused-ring (bicyclic) bond motifs is 1. The molecule has 0 aliphatic carbocycles. The molecule has 0 aliphatic rings. The van der Waals surface area contributed by atoms with Crippen molar-refractivity contribution in [2.24, 2.45) is 0 Å². The summed E-state index contributed by atoms with van der Waals surface area (Å²) in [7, 11) is -8.11. The van der Waals surface area contributed by atoms with Crippen LogP contribution in [-0.4, -0.2) is 27.7 Å². The van der Waals surface area contributed by atoms with Crippen molar-refractivity contribution in [1.82, 2.24) is 9.71 Å². The molecule has 32 heavy (non-hydrogen) atoms. The molecule has 0 radical (unpaired) electrons. The number of nitrogens with one attached hydrogen (secondary N) is 2. The second-order valence-corrected chi connectivity index (χ2v) is 10.1. The molecular weight excluding hydrogens is 450 g/mol. The van der Waals surface area contributed by atoms with Crippen LogP contribution in [0.3, 0.4) is 0 Å². The molecule has 0 bridgehead atoms. The molecule has 0 fully saturated rings. The standard InChI is InChI=1S/C22H17N3O5S2/c26-22(17-6-2-1-3-7-17)25-31(27,28)19-13-11-18(12-14-19)24-32(29,30)20-10-4-8-16-9-5-15-23-21(16)20/h1-15,24H,(H,25,26). The molecule has 4 aromatic rings. The Morgan fingerprint density at radius 2 is 1.41 bits per heavy atom. The van der Waals surface area contributed by atoms with Gasteiger partial charge >= 0.3 is 0 Å². The number of carbonyl (C=O) groups excluding carboxylic acids is 1. The number of sulfonamides is 2. The van der Waals surface area contributed by atoms with E-state index in [0.717, 1.165) is 0 Å². The number of pyridine rings is 1. The molecule has 1 aromatic heterocycles. The molecule has 0 saturated heterocycles. The summed E-state index contributed by atoms with van der Waals surface area (Å²) in [6, 6.07) is 21.2. The third-order valence-corrected chi connectivity index (χ3v) is 7.32. The average Bonchev–Trinajstić information content (AvgIpc) is 2.79. The predicted molar refractivity (Wildman–Crippen MR) is 120 cm³/mol. The number of amides is 1. The maximum Gasteiger partial charge on any atom is 0.264 e. The molecule has 8 nitrogen and oxygen atoms in total. The number of anilines is 1. The fourth-order valence-corrected chi connectivity index (χ4v) is 5.25. The van der Waals surface area contributed by atoms with E-state index in [1.165, 1.54) is 48.7 Å². The van der Waals surface area contributed by atoms with Crippen molar-refractivity contribution in [3.63, 3.8) is 0 Å². The van der Waals surface area contributed by atoms with Crippen molar-refractivity contribution in [3.05, 3.63) is 96.7 Å². The van der Waals surface area contributed by atoms with Crippen LogP contribution in [0.15, 0.2) is 101 Å². The number of hydrogen-bond acceptors (Lipinski definition) is 6. The van der Waals surface area contributed by atoms with Crippen LogP contribution in [0.1, 0.15) is 10.4 Å². The zero-order chi connectivity index (χ0) is 22.8. The summed E-state index contributed by atoms with van der Waals surface area (Å²) in [6.07, 6.45) is 1.50. The van der Waals surface area contributed by atoms with Crippen LogP contribution in [-0.2, 0) is 20.0 Å². The van der Waals surface area contributed by atoms with Gasteiger partial charge in [-0.15, -0.1) is 0 Å². The van der Waals surface area contributed by atoms with Gasteiger partial charge in [0.1, 0.15) is 4.90 Å². The zero-order valence-corrected chi connectivity index (χ0v) is 18.1. The van der Waals surface area contributed by atoms with Gasteiger partial charge < -0.3 is 0 Å². The van der Waals surface area contributed by atoms with Gasteiger partial charge in [0, 0.05) is 22.8 Å². The van der Waals surface area contributed by atoms with Gasteiger partial charge in [0.25, 0.3) is 26.0 Å². The Morgan fingerprint density at radius 3 is 2.12 bits per heavy atom. The minimum atomic E-state index is -4.14. The largest absolute Gasteiger partial charge is 0.280 e. The second kappa shape index (κ2) is 8.40. The Labute approximate surface area is 185 Å². The van der Waals surface area contributed by atoms with Crippen LogP contribution < -0.4 is 9.44 Å². The van der Waals surface area contributed by atoms with Gasteiger partial charge in [-0.1, -0.05) is 36.4 Å². The third kappa shape index (κ3) is 4.46. The number of carbonyl (C=O) groups is 1. The molecule has 0 unspecified atom stereocenters. The molecule has 10 heteroatoms. The van der Waals surface area contributed by atoms with Crippen molar-refractivity contribution in [3.8, 4) is 0 Å². The van der Waals surface area contributed by atoms with E-state index in [-0.39, 0.29) is 21.0 Å². The normalized spacial score (nSPS) is 11.8. The van der Waals surface area contributed by atoms with Crippen LogP contribution in [0.25, 0.3) is 10.9 Å². The van der Waals surface area contributed by atoms with E-state index >= 15 is 0 Å². The summed E-state index contributed by atoms with van der Waals surface area (Å²) < 4.78 is 55.2. The van der Waals surface area contributed by atoms with Crippen LogP contribution in [0.2, 0.25) is 0 Å². The second-order valence-electron chi connectivity index (χ2n) is 6.76. The summed E-state index contributed by atoms with van der Waals surface area (Å²) in [5, 5.41) is 0.672. The van der Waals surface area contributed by atoms with Crippen LogP contribution in [0, 0.1) is 0 Å². The molecule has 1 heterocycles. The van der Waals surface area contributed by atoms with E-state index < -0.39 is 26.0 Å². The number of rotatable bonds is 6. The van der Waals surface area contributed by atoms with Gasteiger partial charge in [-0.25, -0.2) is 21.6 Å². The summed E-state index contributed by atoms with van der Waals surface area (Å²) in [5.41, 5.74) is 0.681. The van der Waals surface area contributed by atoms with Crippen LogP contribution >= 0.6 is 0 Å². The molecule has 3 aromatic carbocycles. The Hall–Kier alpha value is -3.76. The van der Waals surface area contributed by atoms with Crippen LogP contribution in [0.5, 0.6) is 0 Å². The Kier molecular flexibility index (Phi) is 5.64. The summed E-state index contributed by atoms with van der Waals surface area (Å²) >= 11 is 0. The van der Waals surface area contributed by atoms with E-state index in [9.17, 15) is 21.6 Å². The number of benzene rings is 3. The molecule has 162 valence electrons. The fourth-order valence-electron chi connectivity index (χ4n) is 3.03. The highest BCUT2D eigenvalue weighted by molar-refractivity contribution is 7.93. The Bertz CT molecular complexity index is 1500. The zero-order valence-electron chi connectivity index (χ0n) is 16.5. The Morgan fingerprint density at radius 1 is 0.719 bits per heavy atom. The van der Waals surface area contributed by atoms with E-state index in [4.69, 9.17) is 0 Å². The SMILES string of the molecule is O=C(NS(=O)(=O)c1ccc(NS(=O)(=O)c2cccc3cccnc23)cc1)c1ccccc1. The van der Waals surface area contributed by atoms with E-state index in [1.807, 2.05) is 4.72 Å². The summed E-state index contributed by atoms with van der Waals surface area (Å²) in [4.78, 5) is 16.1. The minimum absolute atomic E-state index is 0.00224. The van der Waals surface area contributed by atoms with Crippen molar-refractivity contribution < 1.29 is 21.6 Å². The van der Waals surface area contributed by atoms with E-state index in [2.05, 4.69) is 9.71 Å². The maximum atomic E-state index is 12.9. The topological polar surface area (TPSA) is 122 Å². The fraction of sp³-hybridized carbons (Fsp3) is 0. The molecular formula is C22H17N3O5S2. The molecule has 0 saturated carbocycles. The number of aromatic nitrogens is 1. The van der Waals surface area contributed by atoms with E-state index in [0.29, 0.717) is 10.9 Å². The first-order chi connectivity index (χ1) is 15.3. The van der Waals surface area contributed by atoms with Gasteiger partial charge in [-0.05, 0) is 48.5 Å². The molecule has 2 N–H and O–H groups in total. The molecule has 0 spiro atoms. The van der Waals surface area contributed by atoms with Gasteiger partial charge in [0.05, 0.1) is 10.4 Å². The third-order valence-electron chi connectivity index (χ3n) is 4.57. The first kappa shape index (κ1) is 21.5. The highest BCUT2D eigenvalue weighted by atomic mass is 32.2. The summed E-state index contributed by atoms with van der Waals surface area (Å²) in [5.74, 6) is -0.765. The number of hydrogen-bond donors (Lipinski definition) is 2. The lowest BCUT2D eigenvalue weighted by atomic mass is 10.2. The average molecular weight is 468 g/mol.